The van der Waals surface area contributed by atoms with Gasteiger partial charge in [0.05, 0.1) is 0 Å². The largest absolute Gasteiger partial charge is 0.360 e. The Balaban J connectivity index is 2.67. The Morgan fingerprint density at radius 3 is 3.06 bits per heavy atom. The standard InChI is InChI=1S/C12H17N3O/c1-4-12(16)14-9-10-6-7-13-11(8-10)15(3)5-2/h4,6-8H,1,5,9H2,2-3H3,(H,14,16). The Labute approximate surface area is 96.0 Å². The first-order valence-electron chi connectivity index (χ1n) is 5.23. The molecule has 0 aromatic carbocycles. The molecule has 0 fully saturated rings. The number of aromatic nitrogens is 1. The summed E-state index contributed by atoms with van der Waals surface area (Å²) >= 11 is 0. The molecule has 1 rings (SSSR count). The lowest BCUT2D eigenvalue weighted by molar-refractivity contribution is -0.116. The van der Waals surface area contributed by atoms with Gasteiger partial charge >= 0.3 is 0 Å². The number of hydrogen-bond donors (Lipinski definition) is 1. The Kier molecular flexibility index (Phi) is 4.51. The zero-order chi connectivity index (χ0) is 12.0. The molecule has 0 aliphatic carbocycles. The molecule has 0 saturated carbocycles. The highest BCUT2D eigenvalue weighted by Gasteiger charge is 2.01. The summed E-state index contributed by atoms with van der Waals surface area (Å²) in [7, 11) is 1.98. The minimum Gasteiger partial charge on any atom is -0.360 e. The van der Waals surface area contributed by atoms with Crippen LogP contribution >= 0.6 is 0 Å². The fourth-order valence-electron chi connectivity index (χ4n) is 1.20. The summed E-state index contributed by atoms with van der Waals surface area (Å²) in [6.07, 6.45) is 3.01. The van der Waals surface area contributed by atoms with Crippen molar-refractivity contribution in [2.75, 3.05) is 18.5 Å². The van der Waals surface area contributed by atoms with Crippen LogP contribution < -0.4 is 10.2 Å². The highest BCUT2D eigenvalue weighted by atomic mass is 16.1. The van der Waals surface area contributed by atoms with Crippen molar-refractivity contribution < 1.29 is 4.79 Å². The molecule has 0 bridgehead atoms. The van der Waals surface area contributed by atoms with E-state index in [1.165, 1.54) is 6.08 Å². The monoisotopic (exact) mass is 219 g/mol. The van der Waals surface area contributed by atoms with Gasteiger partial charge < -0.3 is 10.2 Å². The van der Waals surface area contributed by atoms with E-state index in [2.05, 4.69) is 23.8 Å². The number of pyridine rings is 1. The topological polar surface area (TPSA) is 45.2 Å². The molecular weight excluding hydrogens is 202 g/mol. The Morgan fingerprint density at radius 1 is 1.69 bits per heavy atom. The van der Waals surface area contributed by atoms with E-state index in [9.17, 15) is 4.79 Å². The minimum absolute atomic E-state index is 0.165. The Hall–Kier alpha value is -1.84. The van der Waals surface area contributed by atoms with Gasteiger partial charge in [-0.3, -0.25) is 4.79 Å². The molecule has 1 N–H and O–H groups in total. The average molecular weight is 219 g/mol. The molecule has 86 valence electrons. The molecule has 1 aromatic heterocycles. The zero-order valence-electron chi connectivity index (χ0n) is 9.73. The summed E-state index contributed by atoms with van der Waals surface area (Å²) in [5.74, 6) is 0.745. The second-order valence-electron chi connectivity index (χ2n) is 3.46. The van der Waals surface area contributed by atoms with Crippen molar-refractivity contribution in [1.82, 2.24) is 10.3 Å². The number of anilines is 1. The molecule has 0 saturated heterocycles. The van der Waals surface area contributed by atoms with Crippen LogP contribution in [0.4, 0.5) is 5.82 Å². The summed E-state index contributed by atoms with van der Waals surface area (Å²) in [4.78, 5) is 17.3. The Morgan fingerprint density at radius 2 is 2.44 bits per heavy atom. The van der Waals surface area contributed by atoms with Gasteiger partial charge in [0.1, 0.15) is 5.82 Å². The van der Waals surface area contributed by atoms with E-state index in [4.69, 9.17) is 0 Å². The molecular formula is C12H17N3O. The molecule has 1 aromatic rings. The quantitative estimate of drug-likeness (QED) is 0.760. The average Bonchev–Trinajstić information content (AvgIpc) is 2.35. The molecule has 1 heterocycles. The van der Waals surface area contributed by atoms with Gasteiger partial charge in [-0.2, -0.15) is 0 Å². The third-order valence-corrected chi connectivity index (χ3v) is 2.33. The summed E-state index contributed by atoms with van der Waals surface area (Å²) < 4.78 is 0. The lowest BCUT2D eigenvalue weighted by atomic mass is 10.2. The summed E-state index contributed by atoms with van der Waals surface area (Å²) in [5, 5.41) is 2.73. The van der Waals surface area contributed by atoms with Crippen molar-refractivity contribution >= 4 is 11.7 Å². The van der Waals surface area contributed by atoms with Crippen LogP contribution in [-0.4, -0.2) is 24.5 Å². The maximum atomic E-state index is 11.0. The molecule has 0 unspecified atom stereocenters. The molecule has 4 nitrogen and oxygen atoms in total. The summed E-state index contributed by atoms with van der Waals surface area (Å²) in [5.41, 5.74) is 1.03. The number of nitrogens with zero attached hydrogens (tertiary/aromatic N) is 2. The molecule has 16 heavy (non-hydrogen) atoms. The van der Waals surface area contributed by atoms with E-state index in [-0.39, 0.29) is 5.91 Å². The van der Waals surface area contributed by atoms with Gasteiger partial charge in [-0.05, 0) is 30.7 Å². The first-order valence-corrected chi connectivity index (χ1v) is 5.23. The summed E-state index contributed by atoms with van der Waals surface area (Å²) in [6.45, 7) is 6.86. The van der Waals surface area contributed by atoms with Crippen LogP contribution in [0.3, 0.4) is 0 Å². The van der Waals surface area contributed by atoms with Crippen molar-refractivity contribution in [3.05, 3.63) is 36.5 Å². The number of rotatable bonds is 5. The van der Waals surface area contributed by atoms with Gasteiger partial charge in [0.15, 0.2) is 0 Å². The fraction of sp³-hybridized carbons (Fsp3) is 0.333. The van der Waals surface area contributed by atoms with Crippen molar-refractivity contribution in [1.29, 1.82) is 0 Å². The van der Waals surface area contributed by atoms with E-state index >= 15 is 0 Å². The lowest BCUT2D eigenvalue weighted by Crippen LogP contribution is -2.21. The van der Waals surface area contributed by atoms with Crippen LogP contribution in [0.15, 0.2) is 31.0 Å². The maximum absolute atomic E-state index is 11.0. The highest BCUT2D eigenvalue weighted by Crippen LogP contribution is 2.10. The third kappa shape index (κ3) is 3.38. The molecule has 0 radical (unpaired) electrons. The molecule has 0 spiro atoms. The van der Waals surface area contributed by atoms with Crippen LogP contribution in [0, 0.1) is 0 Å². The fourth-order valence-corrected chi connectivity index (χ4v) is 1.20. The van der Waals surface area contributed by atoms with E-state index in [1.54, 1.807) is 6.20 Å². The van der Waals surface area contributed by atoms with Gasteiger partial charge in [0.25, 0.3) is 0 Å². The van der Waals surface area contributed by atoms with Gasteiger partial charge in [-0.15, -0.1) is 0 Å². The molecule has 0 atom stereocenters. The van der Waals surface area contributed by atoms with Gasteiger partial charge in [0, 0.05) is 26.3 Å². The number of hydrogen-bond acceptors (Lipinski definition) is 3. The van der Waals surface area contributed by atoms with Crippen molar-refractivity contribution in [3.63, 3.8) is 0 Å². The van der Waals surface area contributed by atoms with Crippen LogP contribution in [-0.2, 0) is 11.3 Å². The second kappa shape index (κ2) is 5.90. The molecule has 4 heteroatoms. The highest BCUT2D eigenvalue weighted by molar-refractivity contribution is 5.86. The SMILES string of the molecule is C=CC(=O)NCc1ccnc(N(C)CC)c1. The number of amides is 1. The van der Waals surface area contributed by atoms with E-state index in [1.807, 2.05) is 24.1 Å². The smallest absolute Gasteiger partial charge is 0.243 e. The van der Waals surface area contributed by atoms with Crippen molar-refractivity contribution in [3.8, 4) is 0 Å². The van der Waals surface area contributed by atoms with Crippen LogP contribution in [0.2, 0.25) is 0 Å². The first kappa shape index (κ1) is 12.2. The lowest BCUT2D eigenvalue weighted by Gasteiger charge is -2.16. The molecule has 1 amide bonds. The van der Waals surface area contributed by atoms with Gasteiger partial charge in [-0.1, -0.05) is 6.58 Å². The van der Waals surface area contributed by atoms with E-state index in [0.29, 0.717) is 6.54 Å². The van der Waals surface area contributed by atoms with Gasteiger partial charge in [-0.25, -0.2) is 4.98 Å². The zero-order valence-corrected chi connectivity index (χ0v) is 9.73. The Bertz CT molecular complexity index is 376. The minimum atomic E-state index is -0.165. The molecule has 0 aliphatic rings. The number of carbonyl (C=O) groups excluding carboxylic acids is 1. The predicted octanol–water partition coefficient (Wildman–Crippen LogP) is 1.34. The number of carbonyl (C=O) groups is 1. The van der Waals surface area contributed by atoms with Gasteiger partial charge in [0.2, 0.25) is 5.91 Å². The van der Waals surface area contributed by atoms with E-state index in [0.717, 1.165) is 17.9 Å². The van der Waals surface area contributed by atoms with Crippen LogP contribution in [0.5, 0.6) is 0 Å². The number of nitrogens with one attached hydrogen (secondary N) is 1. The molecule has 0 aliphatic heterocycles. The van der Waals surface area contributed by atoms with Crippen LogP contribution in [0.1, 0.15) is 12.5 Å². The normalized spacial score (nSPS) is 9.62. The predicted molar refractivity (Wildman–Crippen MR) is 65.2 cm³/mol. The first-order chi connectivity index (χ1) is 7.67. The summed E-state index contributed by atoms with van der Waals surface area (Å²) in [6, 6.07) is 3.85. The van der Waals surface area contributed by atoms with Crippen LogP contribution in [0.25, 0.3) is 0 Å². The van der Waals surface area contributed by atoms with Crippen molar-refractivity contribution in [2.45, 2.75) is 13.5 Å². The second-order valence-corrected chi connectivity index (χ2v) is 3.46. The maximum Gasteiger partial charge on any atom is 0.243 e. The van der Waals surface area contributed by atoms with E-state index < -0.39 is 0 Å². The third-order valence-electron chi connectivity index (χ3n) is 2.33. The van der Waals surface area contributed by atoms with Crippen molar-refractivity contribution in [2.24, 2.45) is 0 Å².